The van der Waals surface area contributed by atoms with Crippen molar-refractivity contribution < 1.29 is 4.74 Å². The van der Waals surface area contributed by atoms with Crippen molar-refractivity contribution in [2.45, 2.75) is 32.6 Å². The van der Waals surface area contributed by atoms with Crippen molar-refractivity contribution in [3.63, 3.8) is 0 Å². The number of rotatable bonds is 7. The third-order valence-corrected chi connectivity index (χ3v) is 3.65. The Balaban J connectivity index is 1.88. The van der Waals surface area contributed by atoms with Gasteiger partial charge in [0.2, 0.25) is 0 Å². The van der Waals surface area contributed by atoms with Crippen molar-refractivity contribution >= 4 is 15.9 Å². The van der Waals surface area contributed by atoms with Gasteiger partial charge in [-0.3, -0.25) is 0 Å². The van der Waals surface area contributed by atoms with Gasteiger partial charge in [0.05, 0.1) is 6.61 Å². The van der Waals surface area contributed by atoms with Crippen LogP contribution in [0.3, 0.4) is 0 Å². The second-order valence-corrected chi connectivity index (χ2v) is 5.62. The van der Waals surface area contributed by atoms with E-state index in [9.17, 15) is 0 Å². The minimum Gasteiger partial charge on any atom is -0.494 e. The largest absolute Gasteiger partial charge is 0.494 e. The van der Waals surface area contributed by atoms with Crippen LogP contribution in [0.25, 0.3) is 11.1 Å². The van der Waals surface area contributed by atoms with Crippen LogP contribution in [-0.4, -0.2) is 11.6 Å². The van der Waals surface area contributed by atoms with Gasteiger partial charge in [-0.2, -0.15) is 0 Å². The highest BCUT2D eigenvalue weighted by Crippen LogP contribution is 2.22. The third kappa shape index (κ3) is 4.64. The van der Waals surface area contributed by atoms with Gasteiger partial charge in [0, 0.05) is 11.8 Å². The SMILES string of the molecule is CCCCCCOc1ccc(-c2ccc(Br)nc2)cc1. The highest BCUT2D eigenvalue weighted by atomic mass is 79.9. The molecule has 0 atom stereocenters. The molecule has 3 heteroatoms. The first-order valence-electron chi connectivity index (χ1n) is 7.14. The molecule has 1 aromatic carbocycles. The molecule has 0 amide bonds. The van der Waals surface area contributed by atoms with Crippen LogP contribution < -0.4 is 4.74 Å². The molecule has 2 aromatic rings. The number of benzene rings is 1. The first kappa shape index (κ1) is 15.0. The molecule has 2 rings (SSSR count). The van der Waals surface area contributed by atoms with Crippen molar-refractivity contribution in [1.82, 2.24) is 4.98 Å². The summed E-state index contributed by atoms with van der Waals surface area (Å²) in [5.74, 6) is 0.940. The van der Waals surface area contributed by atoms with E-state index in [1.807, 2.05) is 24.4 Å². The number of halogens is 1. The smallest absolute Gasteiger partial charge is 0.119 e. The van der Waals surface area contributed by atoms with Gasteiger partial charge in [0.15, 0.2) is 0 Å². The number of nitrogens with zero attached hydrogens (tertiary/aromatic N) is 1. The standard InChI is InChI=1S/C17H20BrNO/c1-2-3-4-5-12-20-16-9-6-14(7-10-16)15-8-11-17(18)19-13-15/h6-11,13H,2-5,12H2,1H3. The van der Waals surface area contributed by atoms with E-state index in [0.717, 1.165) is 34.5 Å². The average molecular weight is 334 g/mol. The molecule has 0 radical (unpaired) electrons. The van der Waals surface area contributed by atoms with Crippen molar-refractivity contribution in [3.8, 4) is 16.9 Å². The summed E-state index contributed by atoms with van der Waals surface area (Å²) in [4.78, 5) is 4.24. The van der Waals surface area contributed by atoms with Gasteiger partial charge in [-0.25, -0.2) is 4.98 Å². The summed E-state index contributed by atoms with van der Waals surface area (Å²) < 4.78 is 6.59. The Hall–Kier alpha value is -1.35. The molecule has 1 aromatic heterocycles. The molecule has 20 heavy (non-hydrogen) atoms. The van der Waals surface area contributed by atoms with Crippen LogP contribution >= 0.6 is 15.9 Å². The second-order valence-electron chi connectivity index (χ2n) is 4.80. The predicted octanol–water partition coefficient (Wildman–Crippen LogP) is 5.47. The molecule has 0 saturated carbocycles. The monoisotopic (exact) mass is 333 g/mol. The number of hydrogen-bond acceptors (Lipinski definition) is 2. The molecular formula is C17H20BrNO. The lowest BCUT2D eigenvalue weighted by molar-refractivity contribution is 0.305. The number of aromatic nitrogens is 1. The van der Waals surface area contributed by atoms with Crippen molar-refractivity contribution in [1.29, 1.82) is 0 Å². The molecule has 106 valence electrons. The summed E-state index contributed by atoms with van der Waals surface area (Å²) in [6.07, 6.45) is 6.80. The van der Waals surface area contributed by atoms with Gasteiger partial charge in [-0.1, -0.05) is 44.4 Å². The first-order valence-corrected chi connectivity index (χ1v) is 7.93. The zero-order chi connectivity index (χ0) is 14.2. The zero-order valence-corrected chi connectivity index (χ0v) is 13.4. The van der Waals surface area contributed by atoms with E-state index in [1.54, 1.807) is 0 Å². The fourth-order valence-electron chi connectivity index (χ4n) is 2.01. The van der Waals surface area contributed by atoms with Gasteiger partial charge < -0.3 is 4.74 Å². The van der Waals surface area contributed by atoms with Crippen molar-refractivity contribution in [2.75, 3.05) is 6.61 Å². The van der Waals surface area contributed by atoms with Gasteiger partial charge >= 0.3 is 0 Å². The molecule has 0 saturated heterocycles. The molecule has 1 heterocycles. The van der Waals surface area contributed by atoms with E-state index >= 15 is 0 Å². The van der Waals surface area contributed by atoms with Gasteiger partial charge in [0.25, 0.3) is 0 Å². The summed E-state index contributed by atoms with van der Waals surface area (Å²) in [6.45, 7) is 3.02. The Labute approximate surface area is 129 Å². The normalized spacial score (nSPS) is 10.5. The minimum absolute atomic E-state index is 0.805. The molecule has 0 aliphatic carbocycles. The van der Waals surface area contributed by atoms with Gasteiger partial charge in [0.1, 0.15) is 10.4 Å². The first-order chi connectivity index (χ1) is 9.79. The van der Waals surface area contributed by atoms with E-state index < -0.39 is 0 Å². The van der Waals surface area contributed by atoms with Crippen LogP contribution in [-0.2, 0) is 0 Å². The van der Waals surface area contributed by atoms with Crippen LogP contribution in [0, 0.1) is 0 Å². The molecule has 0 N–H and O–H groups in total. The molecule has 0 unspecified atom stereocenters. The highest BCUT2D eigenvalue weighted by molar-refractivity contribution is 9.10. The average Bonchev–Trinajstić information content (AvgIpc) is 2.49. The molecule has 0 aliphatic rings. The Morgan fingerprint density at radius 3 is 2.35 bits per heavy atom. The molecular weight excluding hydrogens is 314 g/mol. The van der Waals surface area contributed by atoms with Crippen LogP contribution in [0.2, 0.25) is 0 Å². The number of unbranched alkanes of at least 4 members (excludes halogenated alkanes) is 3. The maximum Gasteiger partial charge on any atom is 0.119 e. The quantitative estimate of drug-likeness (QED) is 0.495. The lowest BCUT2D eigenvalue weighted by Gasteiger charge is -2.07. The number of pyridine rings is 1. The van der Waals surface area contributed by atoms with E-state index in [0.29, 0.717) is 0 Å². The Kier molecular flexibility index (Phi) is 6.06. The maximum atomic E-state index is 5.74. The van der Waals surface area contributed by atoms with Gasteiger partial charge in [-0.05, 0) is 46.1 Å². The summed E-state index contributed by atoms with van der Waals surface area (Å²) in [5, 5.41) is 0. The fourth-order valence-corrected chi connectivity index (χ4v) is 2.24. The molecule has 0 aliphatic heterocycles. The van der Waals surface area contributed by atoms with E-state index in [2.05, 4.69) is 46.0 Å². The van der Waals surface area contributed by atoms with Crippen molar-refractivity contribution in [3.05, 3.63) is 47.2 Å². The Morgan fingerprint density at radius 1 is 0.950 bits per heavy atom. The number of ether oxygens (including phenoxy) is 1. The summed E-state index contributed by atoms with van der Waals surface area (Å²) in [7, 11) is 0. The Bertz CT molecular complexity index is 508. The van der Waals surface area contributed by atoms with Crippen LogP contribution in [0.5, 0.6) is 5.75 Å². The van der Waals surface area contributed by atoms with Crippen LogP contribution in [0.4, 0.5) is 0 Å². The Morgan fingerprint density at radius 2 is 1.70 bits per heavy atom. The number of hydrogen-bond donors (Lipinski definition) is 0. The predicted molar refractivity (Wildman–Crippen MR) is 87.0 cm³/mol. The topological polar surface area (TPSA) is 22.1 Å². The maximum absolute atomic E-state index is 5.74. The molecule has 0 bridgehead atoms. The minimum atomic E-state index is 0.805. The van der Waals surface area contributed by atoms with Crippen LogP contribution in [0.15, 0.2) is 47.2 Å². The summed E-state index contributed by atoms with van der Waals surface area (Å²) in [5.41, 5.74) is 2.27. The van der Waals surface area contributed by atoms with Gasteiger partial charge in [-0.15, -0.1) is 0 Å². The van der Waals surface area contributed by atoms with E-state index in [1.165, 1.54) is 19.3 Å². The van der Waals surface area contributed by atoms with Crippen molar-refractivity contribution in [2.24, 2.45) is 0 Å². The van der Waals surface area contributed by atoms with E-state index in [4.69, 9.17) is 4.74 Å². The third-order valence-electron chi connectivity index (χ3n) is 3.18. The summed E-state index contributed by atoms with van der Waals surface area (Å²) >= 11 is 3.34. The molecule has 0 fully saturated rings. The van der Waals surface area contributed by atoms with E-state index in [-0.39, 0.29) is 0 Å². The highest BCUT2D eigenvalue weighted by Gasteiger charge is 1.99. The fraction of sp³-hybridized carbons (Fsp3) is 0.353. The lowest BCUT2D eigenvalue weighted by atomic mass is 10.1. The summed E-state index contributed by atoms with van der Waals surface area (Å²) in [6, 6.07) is 12.2. The zero-order valence-electron chi connectivity index (χ0n) is 11.8. The molecule has 2 nitrogen and oxygen atoms in total. The van der Waals surface area contributed by atoms with Crippen LogP contribution in [0.1, 0.15) is 32.6 Å². The lowest BCUT2D eigenvalue weighted by Crippen LogP contribution is -1.96. The second kappa shape index (κ2) is 8.05. The molecule has 0 spiro atoms.